The van der Waals surface area contributed by atoms with Crippen LogP contribution in [0.3, 0.4) is 0 Å². The lowest BCUT2D eigenvalue weighted by Gasteiger charge is -2.27. The Kier molecular flexibility index (Phi) is 4.37. The number of nitrogens with zero attached hydrogens (tertiary/aromatic N) is 4. The van der Waals surface area contributed by atoms with E-state index in [1.165, 1.54) is 35.3 Å². The minimum absolute atomic E-state index is 0.492. The van der Waals surface area contributed by atoms with Crippen LogP contribution in [0.15, 0.2) is 48.8 Å². The average molecular weight is 377 g/mol. The van der Waals surface area contributed by atoms with Gasteiger partial charge in [-0.1, -0.05) is 18.2 Å². The van der Waals surface area contributed by atoms with Crippen molar-refractivity contribution in [1.82, 2.24) is 19.4 Å². The molecule has 2 aliphatic rings. The molecule has 0 N–H and O–H groups in total. The smallest absolute Gasteiger partial charge is 0.118 e. The molecule has 0 spiro atoms. The number of hydrogen-bond donors (Lipinski definition) is 0. The van der Waals surface area contributed by atoms with Crippen molar-refractivity contribution >= 4 is 5.52 Å². The van der Waals surface area contributed by atoms with E-state index in [9.17, 15) is 0 Å². The fourth-order valence-corrected chi connectivity index (χ4v) is 5.43. The lowest BCUT2D eigenvalue weighted by atomic mass is 9.89. The molecule has 4 heterocycles. The number of methoxy groups -OCH3 is 1. The summed E-state index contributed by atoms with van der Waals surface area (Å²) in [6, 6.07) is 13.4. The number of rotatable bonds is 4. The molecule has 5 heteroatoms. The molecule has 146 valence electrons. The van der Waals surface area contributed by atoms with E-state index in [1.807, 2.05) is 16.9 Å². The van der Waals surface area contributed by atoms with Gasteiger partial charge in [0.05, 0.1) is 18.8 Å². The summed E-state index contributed by atoms with van der Waals surface area (Å²) >= 11 is 0. The van der Waals surface area contributed by atoms with E-state index in [-0.39, 0.29) is 0 Å². The summed E-state index contributed by atoms with van der Waals surface area (Å²) in [5, 5.41) is 4.55. The number of ether oxygens (including phenoxy) is 1. The molecule has 2 saturated heterocycles. The SMILES string of the molecule is COc1ccc([C@H]2[C@@H]3CN(Cc4cnn5cccc(C)c45)C[C@@H]3CN2C)cc1. The maximum atomic E-state index is 5.34. The minimum atomic E-state index is 0.492. The van der Waals surface area contributed by atoms with Gasteiger partial charge in [-0.25, -0.2) is 4.52 Å². The van der Waals surface area contributed by atoms with Crippen LogP contribution in [0.25, 0.3) is 5.52 Å². The van der Waals surface area contributed by atoms with Crippen molar-refractivity contribution in [2.75, 3.05) is 33.8 Å². The Morgan fingerprint density at radius 3 is 2.71 bits per heavy atom. The van der Waals surface area contributed by atoms with Crippen LogP contribution in [0.1, 0.15) is 22.7 Å². The molecule has 0 radical (unpaired) electrons. The van der Waals surface area contributed by atoms with E-state index in [2.05, 4.69) is 65.3 Å². The molecule has 5 nitrogen and oxygen atoms in total. The van der Waals surface area contributed by atoms with Crippen LogP contribution < -0.4 is 4.74 Å². The standard InChI is InChI=1S/C23H28N4O/c1-16-5-4-10-27-22(16)18(11-24-27)13-26-14-19-12-25(2)23(21(19)15-26)17-6-8-20(28-3)9-7-17/h4-11,19,21,23H,12-15H2,1-3H3/t19-,21+,23-/m0/s1. The molecule has 3 aromatic rings. The van der Waals surface area contributed by atoms with Gasteiger partial charge < -0.3 is 4.74 Å². The van der Waals surface area contributed by atoms with E-state index in [4.69, 9.17) is 4.74 Å². The fourth-order valence-electron chi connectivity index (χ4n) is 5.43. The molecule has 0 saturated carbocycles. The third-order valence-corrected chi connectivity index (χ3v) is 6.64. The molecule has 0 aliphatic carbocycles. The lowest BCUT2D eigenvalue weighted by Crippen LogP contribution is -2.28. The molecule has 2 fully saturated rings. The minimum Gasteiger partial charge on any atom is -0.497 e. The van der Waals surface area contributed by atoms with E-state index in [0.717, 1.165) is 24.8 Å². The van der Waals surface area contributed by atoms with Crippen LogP contribution in [0.4, 0.5) is 0 Å². The maximum Gasteiger partial charge on any atom is 0.118 e. The zero-order valence-electron chi connectivity index (χ0n) is 16.9. The first-order valence-corrected chi connectivity index (χ1v) is 10.1. The number of aryl methyl sites for hydroxylation is 1. The molecule has 0 amide bonds. The second-order valence-corrected chi connectivity index (χ2v) is 8.43. The van der Waals surface area contributed by atoms with E-state index in [1.54, 1.807) is 7.11 Å². The van der Waals surface area contributed by atoms with Crippen molar-refractivity contribution in [3.05, 3.63) is 65.5 Å². The Balaban J connectivity index is 1.35. The first-order valence-electron chi connectivity index (χ1n) is 10.1. The van der Waals surface area contributed by atoms with Crippen molar-refractivity contribution in [3.63, 3.8) is 0 Å². The van der Waals surface area contributed by atoms with Gasteiger partial charge in [-0.15, -0.1) is 0 Å². The van der Waals surface area contributed by atoms with Crippen LogP contribution in [0.5, 0.6) is 5.75 Å². The van der Waals surface area contributed by atoms with Gasteiger partial charge in [0, 0.05) is 44.0 Å². The van der Waals surface area contributed by atoms with Crippen molar-refractivity contribution in [3.8, 4) is 5.75 Å². The van der Waals surface area contributed by atoms with Crippen molar-refractivity contribution < 1.29 is 4.74 Å². The monoisotopic (exact) mass is 376 g/mol. The molecule has 0 unspecified atom stereocenters. The number of fused-ring (bicyclic) bond motifs is 2. The summed E-state index contributed by atoms with van der Waals surface area (Å²) in [7, 11) is 4.00. The highest BCUT2D eigenvalue weighted by Gasteiger charge is 2.46. The van der Waals surface area contributed by atoms with Gasteiger partial charge in [-0.05, 0) is 55.1 Å². The van der Waals surface area contributed by atoms with Crippen molar-refractivity contribution in [2.24, 2.45) is 11.8 Å². The Hall–Kier alpha value is -2.37. The second-order valence-electron chi connectivity index (χ2n) is 8.43. The fraction of sp³-hybridized carbons (Fsp3) is 0.435. The Morgan fingerprint density at radius 2 is 1.93 bits per heavy atom. The van der Waals surface area contributed by atoms with E-state index in [0.29, 0.717) is 12.0 Å². The first kappa shape index (κ1) is 17.7. The van der Waals surface area contributed by atoms with Gasteiger partial charge in [-0.3, -0.25) is 9.80 Å². The molecule has 2 aliphatic heterocycles. The number of benzene rings is 1. The quantitative estimate of drug-likeness (QED) is 0.699. The highest BCUT2D eigenvalue weighted by atomic mass is 16.5. The van der Waals surface area contributed by atoms with E-state index >= 15 is 0 Å². The molecule has 0 bridgehead atoms. The molecule has 2 aromatic heterocycles. The molecule has 28 heavy (non-hydrogen) atoms. The van der Waals surface area contributed by atoms with Crippen LogP contribution in [0, 0.1) is 18.8 Å². The van der Waals surface area contributed by atoms with Crippen molar-refractivity contribution in [2.45, 2.75) is 19.5 Å². The molecular formula is C23H28N4O. The molecular weight excluding hydrogens is 348 g/mol. The summed E-state index contributed by atoms with van der Waals surface area (Å²) < 4.78 is 7.35. The third kappa shape index (κ3) is 2.90. The topological polar surface area (TPSA) is 33.0 Å². The highest BCUT2D eigenvalue weighted by Crippen LogP contribution is 2.44. The molecule has 5 rings (SSSR count). The second kappa shape index (κ2) is 6.90. The normalized spacial score (nSPS) is 25.5. The first-order chi connectivity index (χ1) is 13.6. The zero-order chi connectivity index (χ0) is 19.3. The molecule has 1 aromatic carbocycles. The average Bonchev–Trinajstić information content (AvgIpc) is 3.35. The summed E-state index contributed by atoms with van der Waals surface area (Å²) in [5.41, 5.74) is 5.31. The number of pyridine rings is 1. The Bertz CT molecular complexity index is 980. The predicted octanol–water partition coefficient (Wildman–Crippen LogP) is 3.39. The summed E-state index contributed by atoms with van der Waals surface area (Å²) in [6.45, 7) is 6.65. The Labute approximate surface area is 166 Å². The van der Waals surface area contributed by atoms with Crippen LogP contribution >= 0.6 is 0 Å². The summed E-state index contributed by atoms with van der Waals surface area (Å²) in [6.07, 6.45) is 4.09. The van der Waals surface area contributed by atoms with Crippen LogP contribution in [-0.4, -0.2) is 53.2 Å². The number of hydrogen-bond acceptors (Lipinski definition) is 4. The van der Waals surface area contributed by atoms with Gasteiger partial charge in [0.1, 0.15) is 5.75 Å². The largest absolute Gasteiger partial charge is 0.497 e. The van der Waals surface area contributed by atoms with Gasteiger partial charge in [0.15, 0.2) is 0 Å². The predicted molar refractivity (Wildman–Crippen MR) is 111 cm³/mol. The summed E-state index contributed by atoms with van der Waals surface area (Å²) in [4.78, 5) is 5.16. The number of aromatic nitrogens is 2. The van der Waals surface area contributed by atoms with Gasteiger partial charge >= 0.3 is 0 Å². The van der Waals surface area contributed by atoms with E-state index < -0.39 is 0 Å². The maximum absolute atomic E-state index is 5.34. The number of likely N-dealkylation sites (tertiary alicyclic amines) is 2. The highest BCUT2D eigenvalue weighted by molar-refractivity contribution is 5.59. The van der Waals surface area contributed by atoms with Gasteiger partial charge in [0.2, 0.25) is 0 Å². The van der Waals surface area contributed by atoms with Gasteiger partial charge in [0.25, 0.3) is 0 Å². The van der Waals surface area contributed by atoms with Crippen molar-refractivity contribution in [1.29, 1.82) is 0 Å². The van der Waals surface area contributed by atoms with Gasteiger partial charge in [-0.2, -0.15) is 5.10 Å². The Morgan fingerprint density at radius 1 is 1.11 bits per heavy atom. The third-order valence-electron chi connectivity index (χ3n) is 6.64. The van der Waals surface area contributed by atoms with Crippen LogP contribution in [0.2, 0.25) is 0 Å². The summed E-state index contributed by atoms with van der Waals surface area (Å²) in [5.74, 6) is 2.35. The van der Waals surface area contributed by atoms with Crippen LogP contribution in [-0.2, 0) is 6.54 Å². The molecule has 3 atom stereocenters. The zero-order valence-corrected chi connectivity index (χ0v) is 16.9. The lowest BCUT2D eigenvalue weighted by molar-refractivity contribution is 0.225.